The molecule has 0 bridgehead atoms. The van der Waals surface area contributed by atoms with Gasteiger partial charge in [0.05, 0.1) is 0 Å². The van der Waals surface area contributed by atoms with Gasteiger partial charge in [0.1, 0.15) is 5.75 Å². The van der Waals surface area contributed by atoms with Crippen molar-refractivity contribution in [2.45, 2.75) is 45.6 Å². The van der Waals surface area contributed by atoms with E-state index in [-0.39, 0.29) is 30.4 Å². The third-order valence-electron chi connectivity index (χ3n) is 5.48. The maximum atomic E-state index is 12.6. The van der Waals surface area contributed by atoms with Gasteiger partial charge in [0, 0.05) is 29.7 Å². The molecule has 0 aromatic heterocycles. The summed E-state index contributed by atoms with van der Waals surface area (Å²) in [6.45, 7) is 7.29. The third-order valence-corrected chi connectivity index (χ3v) is 5.89. The first-order valence-electron chi connectivity index (χ1n) is 10.4. The van der Waals surface area contributed by atoms with Crippen LogP contribution in [0, 0.1) is 6.92 Å². The fraction of sp³-hybridized carbons (Fsp3) is 0.417. The van der Waals surface area contributed by atoms with Crippen LogP contribution in [0.3, 0.4) is 0 Å². The fourth-order valence-electron chi connectivity index (χ4n) is 3.61. The summed E-state index contributed by atoms with van der Waals surface area (Å²) in [6, 6.07) is 13.1. The molecule has 1 saturated heterocycles. The Bertz CT molecular complexity index is 891. The van der Waals surface area contributed by atoms with E-state index in [1.165, 1.54) is 0 Å². The van der Waals surface area contributed by atoms with E-state index >= 15 is 0 Å². The van der Waals surface area contributed by atoms with Crippen LogP contribution in [-0.2, 0) is 4.79 Å². The number of rotatable bonds is 6. The molecule has 1 fully saturated rings. The highest BCUT2D eigenvalue weighted by molar-refractivity contribution is 6.31. The lowest BCUT2D eigenvalue weighted by Gasteiger charge is -2.32. The number of carbonyl (C=O) groups is 2. The summed E-state index contributed by atoms with van der Waals surface area (Å²) in [7, 11) is 0. The molecule has 0 unspecified atom stereocenters. The van der Waals surface area contributed by atoms with Gasteiger partial charge in [0.15, 0.2) is 6.61 Å². The number of aryl methyl sites for hydroxylation is 1. The van der Waals surface area contributed by atoms with E-state index in [4.69, 9.17) is 16.3 Å². The Morgan fingerprint density at radius 2 is 1.83 bits per heavy atom. The Morgan fingerprint density at radius 3 is 2.47 bits per heavy atom. The van der Waals surface area contributed by atoms with Gasteiger partial charge in [-0.3, -0.25) is 9.59 Å². The second-order valence-corrected chi connectivity index (χ2v) is 8.48. The standard InChI is InChI=1S/C24H29ClN2O3/c1-16(2)20-14-21(25)17(3)13-22(20)30-15-23(28)27-11-9-19(10-12-27)26-24(29)18-7-5-4-6-8-18/h4-8,13-14,16,19H,9-12,15H2,1-3H3,(H,26,29). The normalized spacial score (nSPS) is 14.6. The van der Waals surface area contributed by atoms with E-state index in [1.807, 2.05) is 42.2 Å². The van der Waals surface area contributed by atoms with Crippen LogP contribution >= 0.6 is 11.6 Å². The van der Waals surface area contributed by atoms with Gasteiger partial charge in [-0.25, -0.2) is 0 Å². The van der Waals surface area contributed by atoms with Crippen molar-refractivity contribution >= 4 is 23.4 Å². The lowest BCUT2D eigenvalue weighted by molar-refractivity contribution is -0.134. The molecule has 3 rings (SSSR count). The van der Waals surface area contributed by atoms with Crippen molar-refractivity contribution in [1.29, 1.82) is 0 Å². The van der Waals surface area contributed by atoms with Crippen LogP contribution in [0.15, 0.2) is 42.5 Å². The number of carbonyl (C=O) groups excluding carboxylic acids is 2. The smallest absolute Gasteiger partial charge is 0.260 e. The van der Waals surface area contributed by atoms with Crippen LogP contribution in [0.25, 0.3) is 0 Å². The quantitative estimate of drug-likeness (QED) is 0.733. The minimum atomic E-state index is -0.0666. The van der Waals surface area contributed by atoms with Crippen LogP contribution in [0.2, 0.25) is 5.02 Å². The van der Waals surface area contributed by atoms with Crippen molar-refractivity contribution in [3.8, 4) is 5.75 Å². The lowest BCUT2D eigenvalue weighted by atomic mass is 10.0. The first-order chi connectivity index (χ1) is 14.3. The molecular formula is C24H29ClN2O3. The van der Waals surface area contributed by atoms with Crippen molar-refractivity contribution in [2.24, 2.45) is 0 Å². The maximum absolute atomic E-state index is 12.6. The predicted octanol–water partition coefficient (Wildman–Crippen LogP) is 4.57. The Hall–Kier alpha value is -2.53. The number of hydrogen-bond acceptors (Lipinski definition) is 3. The number of hydrogen-bond donors (Lipinski definition) is 1. The fourth-order valence-corrected chi connectivity index (χ4v) is 3.78. The first kappa shape index (κ1) is 22.2. The van der Waals surface area contributed by atoms with Gasteiger partial charge in [-0.1, -0.05) is 43.6 Å². The number of ether oxygens (including phenoxy) is 1. The highest BCUT2D eigenvalue weighted by atomic mass is 35.5. The van der Waals surface area contributed by atoms with E-state index in [1.54, 1.807) is 12.1 Å². The summed E-state index contributed by atoms with van der Waals surface area (Å²) in [5.41, 5.74) is 2.59. The monoisotopic (exact) mass is 428 g/mol. The zero-order chi connectivity index (χ0) is 21.7. The molecular weight excluding hydrogens is 400 g/mol. The molecule has 0 atom stereocenters. The molecule has 5 nitrogen and oxygen atoms in total. The molecule has 2 amide bonds. The topological polar surface area (TPSA) is 58.6 Å². The second-order valence-electron chi connectivity index (χ2n) is 8.08. The number of benzene rings is 2. The average Bonchev–Trinajstić information content (AvgIpc) is 2.75. The molecule has 1 aliphatic heterocycles. The minimum absolute atomic E-state index is 0.00182. The van der Waals surface area contributed by atoms with Gasteiger partial charge in [0.25, 0.3) is 11.8 Å². The molecule has 1 aliphatic rings. The van der Waals surface area contributed by atoms with Gasteiger partial charge in [-0.15, -0.1) is 0 Å². The van der Waals surface area contributed by atoms with Crippen molar-refractivity contribution in [3.05, 3.63) is 64.2 Å². The Morgan fingerprint density at radius 1 is 1.17 bits per heavy atom. The van der Waals surface area contributed by atoms with Crippen molar-refractivity contribution in [1.82, 2.24) is 10.2 Å². The predicted molar refractivity (Wildman–Crippen MR) is 119 cm³/mol. The molecule has 0 aliphatic carbocycles. The van der Waals surface area contributed by atoms with Gasteiger partial charge < -0.3 is 15.0 Å². The highest BCUT2D eigenvalue weighted by Gasteiger charge is 2.24. The van der Waals surface area contributed by atoms with Crippen molar-refractivity contribution in [2.75, 3.05) is 19.7 Å². The molecule has 1 N–H and O–H groups in total. The van der Waals surface area contributed by atoms with E-state index in [9.17, 15) is 9.59 Å². The highest BCUT2D eigenvalue weighted by Crippen LogP contribution is 2.32. The zero-order valence-corrected chi connectivity index (χ0v) is 18.5. The largest absolute Gasteiger partial charge is 0.483 e. The summed E-state index contributed by atoms with van der Waals surface area (Å²) >= 11 is 6.24. The van der Waals surface area contributed by atoms with Gasteiger partial charge in [0.2, 0.25) is 0 Å². The van der Waals surface area contributed by atoms with E-state index < -0.39 is 0 Å². The van der Waals surface area contributed by atoms with Gasteiger partial charge in [-0.05, 0) is 61.1 Å². The van der Waals surface area contributed by atoms with Crippen molar-refractivity contribution < 1.29 is 14.3 Å². The summed E-state index contributed by atoms with van der Waals surface area (Å²) in [4.78, 5) is 26.8. The summed E-state index contributed by atoms with van der Waals surface area (Å²) in [5, 5.41) is 3.77. The average molecular weight is 429 g/mol. The molecule has 0 radical (unpaired) electrons. The molecule has 0 spiro atoms. The lowest BCUT2D eigenvalue weighted by Crippen LogP contribution is -2.47. The number of nitrogens with zero attached hydrogens (tertiary/aromatic N) is 1. The summed E-state index contributed by atoms with van der Waals surface area (Å²) < 4.78 is 5.88. The molecule has 30 heavy (non-hydrogen) atoms. The Labute approximate surface area is 183 Å². The van der Waals surface area contributed by atoms with E-state index in [2.05, 4.69) is 19.2 Å². The van der Waals surface area contributed by atoms with Crippen LogP contribution in [0.1, 0.15) is 54.1 Å². The zero-order valence-electron chi connectivity index (χ0n) is 17.8. The summed E-state index contributed by atoms with van der Waals surface area (Å²) in [6.07, 6.45) is 1.48. The summed E-state index contributed by atoms with van der Waals surface area (Å²) in [5.74, 6) is 0.857. The minimum Gasteiger partial charge on any atom is -0.483 e. The van der Waals surface area contributed by atoms with E-state index in [0.29, 0.717) is 29.4 Å². The van der Waals surface area contributed by atoms with Gasteiger partial charge in [-0.2, -0.15) is 0 Å². The number of likely N-dealkylation sites (tertiary alicyclic amines) is 1. The third kappa shape index (κ3) is 5.54. The molecule has 2 aromatic rings. The second kappa shape index (κ2) is 9.98. The molecule has 2 aromatic carbocycles. The first-order valence-corrected chi connectivity index (χ1v) is 10.8. The van der Waals surface area contributed by atoms with Crippen LogP contribution in [-0.4, -0.2) is 42.5 Å². The Kier molecular flexibility index (Phi) is 7.38. The Balaban J connectivity index is 1.50. The number of amides is 2. The number of halogens is 1. The molecule has 0 saturated carbocycles. The number of nitrogens with one attached hydrogen (secondary N) is 1. The van der Waals surface area contributed by atoms with Crippen LogP contribution in [0.4, 0.5) is 0 Å². The van der Waals surface area contributed by atoms with Gasteiger partial charge >= 0.3 is 0 Å². The van der Waals surface area contributed by atoms with Crippen LogP contribution < -0.4 is 10.1 Å². The molecule has 160 valence electrons. The maximum Gasteiger partial charge on any atom is 0.260 e. The van der Waals surface area contributed by atoms with Crippen LogP contribution in [0.5, 0.6) is 5.75 Å². The van der Waals surface area contributed by atoms with E-state index in [0.717, 1.165) is 24.0 Å². The van der Waals surface area contributed by atoms with Crippen molar-refractivity contribution in [3.63, 3.8) is 0 Å². The number of piperidine rings is 1. The molecule has 6 heteroatoms. The SMILES string of the molecule is Cc1cc(OCC(=O)N2CCC(NC(=O)c3ccccc3)CC2)c(C(C)C)cc1Cl. The molecule has 1 heterocycles.